The molecule has 0 bridgehead atoms. The lowest BCUT2D eigenvalue weighted by molar-refractivity contribution is -0.113. The minimum Gasteiger partial charge on any atom is -0.507 e. The highest BCUT2D eigenvalue weighted by atomic mass is 32.2. The summed E-state index contributed by atoms with van der Waals surface area (Å²) in [6.45, 7) is 2.02. The molecule has 6 nitrogen and oxygen atoms in total. The maximum Gasteiger partial charge on any atom is 0.234 e. The van der Waals surface area contributed by atoms with Crippen LogP contribution in [0.15, 0.2) is 84.0 Å². The highest BCUT2D eigenvalue weighted by molar-refractivity contribution is 7.99. The highest BCUT2D eigenvalue weighted by Crippen LogP contribution is 2.32. The van der Waals surface area contributed by atoms with Gasteiger partial charge in [0.2, 0.25) is 5.91 Å². The fraction of sp³-hybridized carbons (Fsp3) is 0.0870. The van der Waals surface area contributed by atoms with Crippen molar-refractivity contribution in [3.8, 4) is 22.8 Å². The van der Waals surface area contributed by atoms with Crippen molar-refractivity contribution in [1.82, 2.24) is 14.8 Å². The number of hydrogen-bond acceptors (Lipinski definition) is 5. The molecule has 4 aromatic rings. The van der Waals surface area contributed by atoms with E-state index in [0.717, 1.165) is 16.9 Å². The summed E-state index contributed by atoms with van der Waals surface area (Å²) < 4.78 is 1.86. The van der Waals surface area contributed by atoms with E-state index in [9.17, 15) is 9.90 Å². The zero-order valence-electron chi connectivity index (χ0n) is 16.3. The number of nitrogens with one attached hydrogen (secondary N) is 1. The summed E-state index contributed by atoms with van der Waals surface area (Å²) in [5.41, 5.74) is 3.31. The monoisotopic (exact) mass is 416 g/mol. The van der Waals surface area contributed by atoms with Gasteiger partial charge in [-0.05, 0) is 43.3 Å². The first-order valence-electron chi connectivity index (χ1n) is 9.40. The van der Waals surface area contributed by atoms with Crippen molar-refractivity contribution >= 4 is 23.4 Å². The number of aromatic nitrogens is 3. The summed E-state index contributed by atoms with van der Waals surface area (Å²) in [5, 5.41) is 22.4. The SMILES string of the molecule is Cc1ccc(-n2c(SCC(=O)Nc3ccccc3)nnc2-c2ccccc2O)cc1. The van der Waals surface area contributed by atoms with E-state index in [4.69, 9.17) is 0 Å². The number of aromatic hydroxyl groups is 1. The van der Waals surface area contributed by atoms with E-state index < -0.39 is 0 Å². The second-order valence-corrected chi connectivity index (χ2v) is 7.64. The molecule has 1 amide bonds. The molecule has 0 aliphatic carbocycles. The second kappa shape index (κ2) is 8.84. The van der Waals surface area contributed by atoms with Crippen molar-refractivity contribution in [2.75, 3.05) is 11.1 Å². The molecular weight excluding hydrogens is 396 g/mol. The van der Waals surface area contributed by atoms with Crippen LogP contribution < -0.4 is 5.32 Å². The largest absolute Gasteiger partial charge is 0.507 e. The van der Waals surface area contributed by atoms with Gasteiger partial charge in [0.05, 0.1) is 11.3 Å². The molecular formula is C23H20N4O2S. The smallest absolute Gasteiger partial charge is 0.234 e. The average molecular weight is 417 g/mol. The standard InChI is InChI=1S/C23H20N4O2S/c1-16-11-13-18(14-12-16)27-22(19-9-5-6-10-20(19)28)25-26-23(27)30-15-21(29)24-17-7-3-2-4-8-17/h2-14,28H,15H2,1H3,(H,24,29). The minimum absolute atomic E-state index is 0.122. The minimum atomic E-state index is -0.131. The molecule has 0 atom stereocenters. The number of para-hydroxylation sites is 2. The van der Waals surface area contributed by atoms with Crippen LogP contribution in [0.1, 0.15) is 5.56 Å². The Morgan fingerprint density at radius 2 is 1.67 bits per heavy atom. The van der Waals surface area contributed by atoms with Crippen molar-refractivity contribution in [3.63, 3.8) is 0 Å². The van der Waals surface area contributed by atoms with Crippen LogP contribution in [0.4, 0.5) is 5.69 Å². The molecule has 7 heteroatoms. The Hall–Kier alpha value is -3.58. The highest BCUT2D eigenvalue weighted by Gasteiger charge is 2.19. The van der Waals surface area contributed by atoms with E-state index >= 15 is 0 Å². The van der Waals surface area contributed by atoms with Gasteiger partial charge in [-0.25, -0.2) is 0 Å². The molecule has 0 unspecified atom stereocenters. The molecule has 0 fully saturated rings. The molecule has 150 valence electrons. The van der Waals surface area contributed by atoms with Crippen LogP contribution in [-0.4, -0.2) is 31.5 Å². The molecule has 0 saturated carbocycles. The van der Waals surface area contributed by atoms with E-state index in [0.29, 0.717) is 16.5 Å². The van der Waals surface area contributed by atoms with Gasteiger partial charge in [-0.1, -0.05) is 59.8 Å². The summed E-state index contributed by atoms with van der Waals surface area (Å²) in [6.07, 6.45) is 0. The Morgan fingerprint density at radius 3 is 2.40 bits per heavy atom. The molecule has 4 rings (SSSR count). The molecule has 3 aromatic carbocycles. The number of hydrogen-bond donors (Lipinski definition) is 2. The topological polar surface area (TPSA) is 80.0 Å². The predicted octanol–water partition coefficient (Wildman–Crippen LogP) is 4.68. The van der Waals surface area contributed by atoms with Crippen molar-refractivity contribution in [3.05, 3.63) is 84.4 Å². The third-order valence-electron chi connectivity index (χ3n) is 4.46. The maximum absolute atomic E-state index is 12.4. The van der Waals surface area contributed by atoms with Gasteiger partial charge in [-0.2, -0.15) is 0 Å². The molecule has 30 heavy (non-hydrogen) atoms. The van der Waals surface area contributed by atoms with Gasteiger partial charge >= 0.3 is 0 Å². The average Bonchev–Trinajstić information content (AvgIpc) is 3.17. The van der Waals surface area contributed by atoms with Crippen LogP contribution >= 0.6 is 11.8 Å². The van der Waals surface area contributed by atoms with Crippen LogP contribution in [-0.2, 0) is 4.79 Å². The summed E-state index contributed by atoms with van der Waals surface area (Å²) in [4.78, 5) is 12.4. The van der Waals surface area contributed by atoms with Crippen molar-refractivity contribution in [2.45, 2.75) is 12.1 Å². The van der Waals surface area contributed by atoms with Crippen molar-refractivity contribution in [2.24, 2.45) is 0 Å². The van der Waals surface area contributed by atoms with Gasteiger partial charge in [0.1, 0.15) is 5.75 Å². The van der Waals surface area contributed by atoms with Crippen LogP contribution in [0.5, 0.6) is 5.75 Å². The van der Waals surface area contributed by atoms with E-state index in [1.165, 1.54) is 11.8 Å². The molecule has 2 N–H and O–H groups in total. The first-order valence-corrected chi connectivity index (χ1v) is 10.4. The van der Waals surface area contributed by atoms with Crippen molar-refractivity contribution in [1.29, 1.82) is 0 Å². The summed E-state index contributed by atoms with van der Waals surface area (Å²) >= 11 is 1.29. The summed E-state index contributed by atoms with van der Waals surface area (Å²) in [5.74, 6) is 0.688. The zero-order chi connectivity index (χ0) is 20.9. The quantitative estimate of drug-likeness (QED) is 0.446. The zero-order valence-corrected chi connectivity index (χ0v) is 17.1. The Kier molecular flexibility index (Phi) is 5.81. The number of thioether (sulfide) groups is 1. The fourth-order valence-corrected chi connectivity index (χ4v) is 3.73. The number of phenolic OH excluding ortho intramolecular Hbond substituents is 1. The molecule has 1 aromatic heterocycles. The van der Waals surface area contributed by atoms with Gasteiger partial charge < -0.3 is 10.4 Å². The van der Waals surface area contributed by atoms with Gasteiger partial charge in [-0.3, -0.25) is 9.36 Å². The van der Waals surface area contributed by atoms with Crippen molar-refractivity contribution < 1.29 is 9.90 Å². The van der Waals surface area contributed by atoms with E-state index in [1.54, 1.807) is 18.2 Å². The molecule has 0 spiro atoms. The lowest BCUT2D eigenvalue weighted by atomic mass is 10.1. The van der Waals surface area contributed by atoms with Crippen LogP contribution in [0, 0.1) is 6.92 Å². The first-order chi connectivity index (χ1) is 14.6. The number of aryl methyl sites for hydroxylation is 1. The van der Waals surface area contributed by atoms with Crippen LogP contribution in [0.25, 0.3) is 17.1 Å². The van der Waals surface area contributed by atoms with E-state index in [2.05, 4.69) is 15.5 Å². The summed E-state index contributed by atoms with van der Waals surface area (Å²) in [6, 6.07) is 24.3. The van der Waals surface area contributed by atoms with Crippen LogP contribution in [0.3, 0.4) is 0 Å². The third kappa shape index (κ3) is 4.36. The van der Waals surface area contributed by atoms with Crippen LogP contribution in [0.2, 0.25) is 0 Å². The van der Waals surface area contributed by atoms with Gasteiger partial charge in [0, 0.05) is 11.4 Å². The lowest BCUT2D eigenvalue weighted by Crippen LogP contribution is -2.14. The maximum atomic E-state index is 12.4. The van der Waals surface area contributed by atoms with E-state index in [1.807, 2.05) is 72.2 Å². The number of anilines is 1. The lowest BCUT2D eigenvalue weighted by Gasteiger charge is -2.11. The van der Waals surface area contributed by atoms with Gasteiger partial charge in [0.25, 0.3) is 0 Å². The number of benzene rings is 3. The molecule has 0 radical (unpaired) electrons. The Balaban J connectivity index is 1.64. The van der Waals surface area contributed by atoms with Gasteiger partial charge in [-0.15, -0.1) is 10.2 Å². The number of carbonyl (C=O) groups is 1. The number of rotatable bonds is 6. The second-order valence-electron chi connectivity index (χ2n) is 6.70. The van der Waals surface area contributed by atoms with Gasteiger partial charge in [0.15, 0.2) is 11.0 Å². The first kappa shape index (κ1) is 19.7. The predicted molar refractivity (Wildman–Crippen MR) is 119 cm³/mol. The number of carbonyl (C=O) groups excluding carboxylic acids is 1. The summed E-state index contributed by atoms with van der Waals surface area (Å²) in [7, 11) is 0. The Morgan fingerprint density at radius 1 is 0.967 bits per heavy atom. The number of nitrogens with zero attached hydrogens (tertiary/aromatic N) is 3. The Bertz CT molecular complexity index is 1160. The number of amides is 1. The molecule has 0 saturated heterocycles. The molecule has 0 aliphatic rings. The normalized spacial score (nSPS) is 10.7. The third-order valence-corrected chi connectivity index (χ3v) is 5.39. The fourth-order valence-electron chi connectivity index (χ4n) is 2.98. The molecule has 1 heterocycles. The van der Waals surface area contributed by atoms with E-state index in [-0.39, 0.29) is 17.4 Å². The Labute approximate surface area is 178 Å². The molecule has 0 aliphatic heterocycles. The number of phenols is 1.